The maximum Gasteiger partial charge on any atom is 0.311 e. The summed E-state index contributed by atoms with van der Waals surface area (Å²) >= 11 is 7.29. The fourth-order valence-corrected chi connectivity index (χ4v) is 3.36. The van der Waals surface area contributed by atoms with Gasteiger partial charge in [-0.1, -0.05) is 23.7 Å². The summed E-state index contributed by atoms with van der Waals surface area (Å²) < 4.78 is 24.3. The Bertz CT molecular complexity index is 1040. The van der Waals surface area contributed by atoms with Crippen LogP contribution in [0, 0.1) is 5.82 Å². The largest absolute Gasteiger partial charge is 0.488 e. The summed E-state index contributed by atoms with van der Waals surface area (Å²) in [5.41, 5.74) is 4.86. The molecule has 3 aromatic rings. The van der Waals surface area contributed by atoms with Crippen molar-refractivity contribution >= 4 is 40.3 Å². The van der Waals surface area contributed by atoms with Crippen molar-refractivity contribution in [2.24, 2.45) is 5.10 Å². The van der Waals surface area contributed by atoms with Gasteiger partial charge in [-0.15, -0.1) is 11.3 Å². The molecular formula is C21H19ClFN3O3S. The van der Waals surface area contributed by atoms with Crippen LogP contribution in [-0.4, -0.2) is 23.8 Å². The van der Waals surface area contributed by atoms with E-state index in [1.165, 1.54) is 29.7 Å². The second-order valence-corrected chi connectivity index (χ2v) is 7.39. The van der Waals surface area contributed by atoms with E-state index in [0.717, 1.165) is 5.56 Å². The zero-order valence-electron chi connectivity index (χ0n) is 16.1. The molecule has 0 unspecified atom stereocenters. The number of benzene rings is 2. The molecule has 0 spiro atoms. The SMILES string of the molecule is CCOC(=O)Cc1csc(NN=Cc2ccc(F)cc2OCc2cccc(Cl)c2)n1. The molecule has 0 aliphatic rings. The standard InChI is InChI=1S/C21H19ClFN3O3S/c1-2-28-20(27)10-18-13-30-21(25-18)26-24-11-15-6-7-17(23)9-19(15)29-12-14-4-3-5-16(22)8-14/h3-9,11,13H,2,10,12H2,1H3,(H,25,26). The lowest BCUT2D eigenvalue weighted by molar-refractivity contribution is -0.142. The van der Waals surface area contributed by atoms with Crippen molar-refractivity contribution in [2.75, 3.05) is 12.0 Å². The van der Waals surface area contributed by atoms with Crippen molar-refractivity contribution in [1.82, 2.24) is 4.98 Å². The number of hydrogen-bond donors (Lipinski definition) is 1. The molecule has 30 heavy (non-hydrogen) atoms. The first-order valence-electron chi connectivity index (χ1n) is 9.09. The highest BCUT2D eigenvalue weighted by Gasteiger charge is 2.08. The Kier molecular flexibility index (Phi) is 7.75. The molecule has 0 amide bonds. The zero-order valence-corrected chi connectivity index (χ0v) is 17.7. The number of nitrogens with zero attached hydrogens (tertiary/aromatic N) is 2. The first-order valence-corrected chi connectivity index (χ1v) is 10.3. The third-order valence-corrected chi connectivity index (χ3v) is 4.84. The normalized spacial score (nSPS) is 10.9. The number of ether oxygens (including phenoxy) is 2. The summed E-state index contributed by atoms with van der Waals surface area (Å²) in [5, 5.41) is 7.02. The first-order chi connectivity index (χ1) is 14.5. The van der Waals surface area contributed by atoms with E-state index in [2.05, 4.69) is 15.5 Å². The van der Waals surface area contributed by atoms with Crippen LogP contribution in [0.25, 0.3) is 0 Å². The molecule has 0 radical (unpaired) electrons. The van der Waals surface area contributed by atoms with Crippen LogP contribution in [0.15, 0.2) is 52.9 Å². The van der Waals surface area contributed by atoms with Crippen LogP contribution in [0.2, 0.25) is 5.02 Å². The van der Waals surface area contributed by atoms with Gasteiger partial charge in [0.2, 0.25) is 5.13 Å². The van der Waals surface area contributed by atoms with E-state index >= 15 is 0 Å². The number of esters is 1. The van der Waals surface area contributed by atoms with Gasteiger partial charge in [-0.2, -0.15) is 5.10 Å². The Labute approximate surface area is 182 Å². The van der Waals surface area contributed by atoms with Crippen LogP contribution in [0.3, 0.4) is 0 Å². The van der Waals surface area contributed by atoms with Gasteiger partial charge in [0, 0.05) is 22.0 Å². The average molecular weight is 448 g/mol. The van der Waals surface area contributed by atoms with E-state index in [4.69, 9.17) is 21.1 Å². The molecular weight excluding hydrogens is 429 g/mol. The molecule has 0 saturated heterocycles. The summed E-state index contributed by atoms with van der Waals surface area (Å²) in [6.45, 7) is 2.32. The molecule has 0 fully saturated rings. The lowest BCUT2D eigenvalue weighted by Gasteiger charge is -2.09. The van der Waals surface area contributed by atoms with E-state index in [0.29, 0.717) is 33.8 Å². The van der Waals surface area contributed by atoms with E-state index in [1.54, 1.807) is 30.5 Å². The van der Waals surface area contributed by atoms with Gasteiger partial charge in [0.25, 0.3) is 0 Å². The third kappa shape index (κ3) is 6.53. The lowest BCUT2D eigenvalue weighted by atomic mass is 10.2. The van der Waals surface area contributed by atoms with Crippen molar-refractivity contribution in [3.63, 3.8) is 0 Å². The lowest BCUT2D eigenvalue weighted by Crippen LogP contribution is -2.07. The Morgan fingerprint density at radius 3 is 3.00 bits per heavy atom. The molecule has 0 aliphatic carbocycles. The highest BCUT2D eigenvalue weighted by Crippen LogP contribution is 2.21. The van der Waals surface area contributed by atoms with Crippen molar-refractivity contribution in [2.45, 2.75) is 20.0 Å². The molecule has 156 valence electrons. The second kappa shape index (κ2) is 10.7. The van der Waals surface area contributed by atoms with Gasteiger partial charge in [-0.05, 0) is 36.8 Å². The van der Waals surface area contributed by atoms with Gasteiger partial charge in [-0.3, -0.25) is 10.2 Å². The van der Waals surface area contributed by atoms with E-state index in [-0.39, 0.29) is 19.0 Å². The summed E-state index contributed by atoms with van der Waals surface area (Å²) in [4.78, 5) is 15.8. The number of carbonyl (C=O) groups excluding carboxylic acids is 1. The number of hydrazone groups is 1. The third-order valence-electron chi connectivity index (χ3n) is 3.81. The number of anilines is 1. The number of aromatic nitrogens is 1. The van der Waals surface area contributed by atoms with Crippen molar-refractivity contribution < 1.29 is 18.7 Å². The topological polar surface area (TPSA) is 72.8 Å². The number of rotatable bonds is 9. The maximum atomic E-state index is 13.7. The van der Waals surface area contributed by atoms with Crippen LogP contribution in [0.5, 0.6) is 5.75 Å². The molecule has 0 bridgehead atoms. The van der Waals surface area contributed by atoms with Gasteiger partial charge in [0.15, 0.2) is 0 Å². The van der Waals surface area contributed by atoms with E-state index in [1.807, 2.05) is 12.1 Å². The van der Waals surface area contributed by atoms with Gasteiger partial charge >= 0.3 is 5.97 Å². The highest BCUT2D eigenvalue weighted by molar-refractivity contribution is 7.13. The molecule has 1 N–H and O–H groups in total. The van der Waals surface area contributed by atoms with Crippen molar-refractivity contribution in [3.05, 3.63) is 75.5 Å². The van der Waals surface area contributed by atoms with E-state index < -0.39 is 5.82 Å². The number of thiazole rings is 1. The molecule has 2 aromatic carbocycles. The maximum absolute atomic E-state index is 13.7. The van der Waals surface area contributed by atoms with Crippen LogP contribution < -0.4 is 10.2 Å². The average Bonchev–Trinajstić information content (AvgIpc) is 3.15. The fraction of sp³-hybridized carbons (Fsp3) is 0.190. The summed E-state index contributed by atoms with van der Waals surface area (Å²) in [5.74, 6) is -0.391. The molecule has 6 nitrogen and oxygen atoms in total. The Hall–Kier alpha value is -2.97. The fourth-order valence-electron chi connectivity index (χ4n) is 2.48. The number of halogens is 2. The molecule has 0 atom stereocenters. The Morgan fingerprint density at radius 1 is 1.33 bits per heavy atom. The zero-order chi connectivity index (χ0) is 21.3. The predicted octanol–water partition coefficient (Wildman–Crippen LogP) is 5.07. The number of carbonyl (C=O) groups is 1. The molecule has 0 aliphatic heterocycles. The number of hydrogen-bond acceptors (Lipinski definition) is 7. The van der Waals surface area contributed by atoms with Gasteiger partial charge in [0.1, 0.15) is 18.2 Å². The quantitative estimate of drug-likeness (QED) is 0.282. The molecule has 1 heterocycles. The van der Waals surface area contributed by atoms with Gasteiger partial charge in [0.05, 0.1) is 24.9 Å². The van der Waals surface area contributed by atoms with Crippen molar-refractivity contribution in [3.8, 4) is 5.75 Å². The van der Waals surface area contributed by atoms with Crippen LogP contribution in [0.1, 0.15) is 23.7 Å². The van der Waals surface area contributed by atoms with Crippen molar-refractivity contribution in [1.29, 1.82) is 0 Å². The van der Waals surface area contributed by atoms with Gasteiger partial charge in [-0.25, -0.2) is 9.37 Å². The highest BCUT2D eigenvalue weighted by atomic mass is 35.5. The minimum atomic E-state index is -0.412. The Morgan fingerprint density at radius 2 is 2.20 bits per heavy atom. The second-order valence-electron chi connectivity index (χ2n) is 6.10. The summed E-state index contributed by atoms with van der Waals surface area (Å²) in [6, 6.07) is 11.4. The van der Waals surface area contributed by atoms with Crippen LogP contribution in [-0.2, 0) is 22.6 Å². The molecule has 9 heteroatoms. The minimum absolute atomic E-state index is 0.106. The Balaban J connectivity index is 1.62. The monoisotopic (exact) mass is 447 g/mol. The predicted molar refractivity (Wildman–Crippen MR) is 116 cm³/mol. The van der Waals surface area contributed by atoms with Crippen LogP contribution in [0.4, 0.5) is 9.52 Å². The smallest absolute Gasteiger partial charge is 0.311 e. The molecule has 3 rings (SSSR count). The molecule has 1 aromatic heterocycles. The summed E-state index contributed by atoms with van der Waals surface area (Å²) in [7, 11) is 0. The minimum Gasteiger partial charge on any atom is -0.488 e. The number of nitrogens with one attached hydrogen (secondary N) is 1. The first kappa shape index (κ1) is 21.7. The van der Waals surface area contributed by atoms with E-state index in [9.17, 15) is 9.18 Å². The summed E-state index contributed by atoms with van der Waals surface area (Å²) in [6.07, 6.45) is 1.62. The van der Waals surface area contributed by atoms with Crippen LogP contribution >= 0.6 is 22.9 Å². The molecule has 0 saturated carbocycles. The van der Waals surface area contributed by atoms with Gasteiger partial charge < -0.3 is 9.47 Å².